The summed E-state index contributed by atoms with van der Waals surface area (Å²) in [5, 5.41) is 5.81. The normalized spacial score (nSPS) is 12.0. The topological polar surface area (TPSA) is 58.4 Å². The van der Waals surface area contributed by atoms with Crippen LogP contribution >= 0.6 is 0 Å². The van der Waals surface area contributed by atoms with Crippen molar-refractivity contribution < 1.29 is 4.79 Å². The predicted octanol–water partition coefficient (Wildman–Crippen LogP) is 2.94. The van der Waals surface area contributed by atoms with Gasteiger partial charge in [0.25, 0.3) is 0 Å². The van der Waals surface area contributed by atoms with Crippen molar-refractivity contribution in [3.8, 4) is 0 Å². The fraction of sp³-hybridized carbons (Fsp3) is 0.222. The Balaban J connectivity index is 1.47. The summed E-state index contributed by atoms with van der Waals surface area (Å²) < 4.78 is 1.98. The summed E-state index contributed by atoms with van der Waals surface area (Å²) in [5.41, 5.74) is 2.97. The minimum atomic E-state index is -0.162. The quantitative estimate of drug-likeness (QED) is 0.761. The molecule has 2 heterocycles. The van der Waals surface area contributed by atoms with Gasteiger partial charge in [-0.3, -0.25) is 0 Å². The van der Waals surface area contributed by atoms with Crippen molar-refractivity contribution in [3.63, 3.8) is 0 Å². The van der Waals surface area contributed by atoms with Gasteiger partial charge >= 0.3 is 6.03 Å². The molecule has 23 heavy (non-hydrogen) atoms. The van der Waals surface area contributed by atoms with Crippen LogP contribution in [0.3, 0.4) is 0 Å². The molecule has 0 aliphatic rings. The maximum Gasteiger partial charge on any atom is 0.315 e. The first-order valence-corrected chi connectivity index (χ1v) is 7.74. The van der Waals surface area contributed by atoms with E-state index in [-0.39, 0.29) is 12.1 Å². The van der Waals surface area contributed by atoms with Gasteiger partial charge in [-0.15, -0.1) is 0 Å². The van der Waals surface area contributed by atoms with Crippen molar-refractivity contribution in [2.45, 2.75) is 19.4 Å². The van der Waals surface area contributed by atoms with E-state index in [9.17, 15) is 4.79 Å². The van der Waals surface area contributed by atoms with Gasteiger partial charge in [-0.25, -0.2) is 9.78 Å². The van der Waals surface area contributed by atoms with Crippen molar-refractivity contribution >= 4 is 11.7 Å². The van der Waals surface area contributed by atoms with Gasteiger partial charge in [-0.1, -0.05) is 36.4 Å². The van der Waals surface area contributed by atoms with Gasteiger partial charge in [-0.2, -0.15) is 0 Å². The number of hydrogen-bond donors (Lipinski definition) is 2. The van der Waals surface area contributed by atoms with E-state index in [4.69, 9.17) is 0 Å². The van der Waals surface area contributed by atoms with Crippen LogP contribution < -0.4 is 10.6 Å². The first kappa shape index (κ1) is 15.1. The van der Waals surface area contributed by atoms with E-state index in [1.165, 1.54) is 0 Å². The van der Waals surface area contributed by atoms with E-state index in [0.717, 1.165) is 16.9 Å². The molecule has 0 unspecified atom stereocenters. The second-order valence-electron chi connectivity index (χ2n) is 5.48. The van der Waals surface area contributed by atoms with Crippen LogP contribution in [-0.2, 0) is 6.42 Å². The van der Waals surface area contributed by atoms with Crippen LogP contribution in [0.4, 0.5) is 4.79 Å². The number of nitrogens with zero attached hydrogens (tertiary/aromatic N) is 2. The molecular formula is C18H20N4O. The van der Waals surface area contributed by atoms with Crippen molar-refractivity contribution in [2.24, 2.45) is 0 Å². The van der Waals surface area contributed by atoms with Gasteiger partial charge in [0.1, 0.15) is 5.65 Å². The molecule has 0 aliphatic heterocycles. The summed E-state index contributed by atoms with van der Waals surface area (Å²) in [4.78, 5) is 16.5. The Kier molecular flexibility index (Phi) is 4.57. The Morgan fingerprint density at radius 2 is 1.96 bits per heavy atom. The molecule has 3 aromatic rings. The summed E-state index contributed by atoms with van der Waals surface area (Å²) >= 11 is 0. The van der Waals surface area contributed by atoms with Crippen molar-refractivity contribution in [3.05, 3.63) is 72.2 Å². The van der Waals surface area contributed by atoms with E-state index >= 15 is 0 Å². The molecule has 0 saturated heterocycles. The number of hydrogen-bond acceptors (Lipinski definition) is 2. The zero-order chi connectivity index (χ0) is 16.1. The first-order chi connectivity index (χ1) is 11.2. The van der Waals surface area contributed by atoms with Gasteiger partial charge in [0.2, 0.25) is 0 Å². The van der Waals surface area contributed by atoms with Crippen molar-refractivity contribution in [1.29, 1.82) is 0 Å². The average Bonchev–Trinajstić information content (AvgIpc) is 2.98. The van der Waals surface area contributed by atoms with Gasteiger partial charge in [0.05, 0.1) is 11.7 Å². The molecule has 2 N–H and O–H groups in total. The van der Waals surface area contributed by atoms with Crippen LogP contribution in [0, 0.1) is 0 Å². The van der Waals surface area contributed by atoms with Crippen LogP contribution in [0.2, 0.25) is 0 Å². The maximum atomic E-state index is 11.9. The average molecular weight is 308 g/mol. The molecule has 0 radical (unpaired) electrons. The van der Waals surface area contributed by atoms with E-state index < -0.39 is 0 Å². The molecule has 2 aromatic heterocycles. The smallest absolute Gasteiger partial charge is 0.315 e. The Morgan fingerprint density at radius 1 is 1.17 bits per heavy atom. The molecule has 3 rings (SSSR count). The summed E-state index contributed by atoms with van der Waals surface area (Å²) in [6.45, 7) is 2.52. The monoisotopic (exact) mass is 308 g/mol. The molecule has 1 aromatic carbocycles. The van der Waals surface area contributed by atoms with Crippen LogP contribution in [0.1, 0.15) is 24.2 Å². The molecule has 5 heteroatoms. The molecule has 2 amide bonds. The number of aromatic nitrogens is 2. The fourth-order valence-electron chi connectivity index (χ4n) is 2.48. The summed E-state index contributed by atoms with van der Waals surface area (Å²) in [7, 11) is 0. The van der Waals surface area contributed by atoms with Crippen LogP contribution in [0.25, 0.3) is 5.65 Å². The minimum Gasteiger partial charge on any atom is -0.338 e. The number of amides is 2. The lowest BCUT2D eigenvalue weighted by Gasteiger charge is -2.14. The van der Waals surface area contributed by atoms with Crippen molar-refractivity contribution in [2.75, 3.05) is 6.54 Å². The maximum absolute atomic E-state index is 11.9. The highest BCUT2D eigenvalue weighted by Gasteiger charge is 2.08. The van der Waals surface area contributed by atoms with Gasteiger partial charge in [0.15, 0.2) is 0 Å². The molecule has 5 nitrogen and oxygen atoms in total. The van der Waals surface area contributed by atoms with E-state index in [0.29, 0.717) is 13.0 Å². The lowest BCUT2D eigenvalue weighted by atomic mass is 10.1. The molecule has 0 saturated carbocycles. The van der Waals surface area contributed by atoms with E-state index in [2.05, 4.69) is 15.6 Å². The minimum absolute atomic E-state index is 0.0219. The number of carbonyl (C=O) groups is 1. The number of benzene rings is 1. The molecule has 118 valence electrons. The second kappa shape index (κ2) is 6.96. The number of carbonyl (C=O) groups excluding carboxylic acids is 1. The van der Waals surface area contributed by atoms with E-state index in [1.54, 1.807) is 0 Å². The second-order valence-corrected chi connectivity index (χ2v) is 5.48. The standard InChI is InChI=1S/C18H20N4O/c1-14(15-7-3-2-4-8-15)20-18(23)19-11-10-16-13-22-12-6-5-9-17(22)21-16/h2-9,12-14H,10-11H2,1H3,(H2,19,20,23)/t14-/m1/s1. The zero-order valence-electron chi connectivity index (χ0n) is 13.1. The van der Waals surface area contributed by atoms with Gasteiger partial charge in [-0.05, 0) is 24.6 Å². The largest absolute Gasteiger partial charge is 0.338 e. The number of nitrogens with one attached hydrogen (secondary N) is 2. The molecule has 0 spiro atoms. The Hall–Kier alpha value is -2.82. The predicted molar refractivity (Wildman–Crippen MR) is 90.3 cm³/mol. The molecule has 0 bridgehead atoms. The highest BCUT2D eigenvalue weighted by atomic mass is 16.2. The number of pyridine rings is 1. The Labute approximate surface area is 135 Å². The Bertz CT molecular complexity index is 749. The highest BCUT2D eigenvalue weighted by Crippen LogP contribution is 2.10. The zero-order valence-corrected chi connectivity index (χ0v) is 13.1. The summed E-state index contributed by atoms with van der Waals surface area (Å²) in [5.74, 6) is 0. The number of urea groups is 1. The molecule has 1 atom stereocenters. The number of imidazole rings is 1. The third-order valence-corrected chi connectivity index (χ3v) is 3.73. The summed E-state index contributed by atoms with van der Waals surface area (Å²) in [6.07, 6.45) is 4.66. The van der Waals surface area contributed by atoms with Gasteiger partial charge in [0, 0.05) is 25.4 Å². The molecule has 0 fully saturated rings. The van der Waals surface area contributed by atoms with Crippen LogP contribution in [0.5, 0.6) is 0 Å². The Morgan fingerprint density at radius 3 is 2.74 bits per heavy atom. The van der Waals surface area contributed by atoms with Crippen molar-refractivity contribution in [1.82, 2.24) is 20.0 Å². The SMILES string of the molecule is C[C@@H](NC(=O)NCCc1cn2ccccc2n1)c1ccccc1. The highest BCUT2D eigenvalue weighted by molar-refractivity contribution is 5.74. The first-order valence-electron chi connectivity index (χ1n) is 7.74. The van der Waals surface area contributed by atoms with Crippen LogP contribution in [0.15, 0.2) is 60.9 Å². The third-order valence-electron chi connectivity index (χ3n) is 3.73. The lowest BCUT2D eigenvalue weighted by molar-refractivity contribution is 0.238. The summed E-state index contributed by atoms with van der Waals surface area (Å²) in [6, 6.07) is 15.6. The fourth-order valence-corrected chi connectivity index (χ4v) is 2.48. The third kappa shape index (κ3) is 3.88. The van der Waals surface area contributed by atoms with Gasteiger partial charge < -0.3 is 15.0 Å². The number of fused-ring (bicyclic) bond motifs is 1. The van der Waals surface area contributed by atoms with Crippen LogP contribution in [-0.4, -0.2) is 22.0 Å². The molecular weight excluding hydrogens is 288 g/mol. The molecule has 0 aliphatic carbocycles. The van der Waals surface area contributed by atoms with E-state index in [1.807, 2.05) is 72.2 Å². The lowest BCUT2D eigenvalue weighted by Crippen LogP contribution is -2.38. The number of rotatable bonds is 5.